The van der Waals surface area contributed by atoms with E-state index in [-0.39, 0.29) is 11.9 Å². The number of hydrogen-bond donors (Lipinski definition) is 1. The highest BCUT2D eigenvalue weighted by Gasteiger charge is 2.32. The first-order valence-electron chi connectivity index (χ1n) is 7.64. The fourth-order valence-electron chi connectivity index (χ4n) is 2.94. The Bertz CT molecular complexity index is 703. The standard InChI is InChI=1S/C18H17F2NO3/c19-14-5-1-12(2-6-14)16-11-21(9-10-24-16)17(18(22)23)13-3-7-15(20)8-4-13/h1-8,16-17H,9-11H2,(H,22,23). The summed E-state index contributed by atoms with van der Waals surface area (Å²) in [6, 6.07) is 10.6. The van der Waals surface area contributed by atoms with E-state index in [9.17, 15) is 18.7 Å². The van der Waals surface area contributed by atoms with Gasteiger partial charge in [0, 0.05) is 13.1 Å². The molecule has 1 heterocycles. The summed E-state index contributed by atoms with van der Waals surface area (Å²) in [6.07, 6.45) is -0.332. The molecule has 0 bridgehead atoms. The lowest BCUT2D eigenvalue weighted by atomic mass is 10.0. The molecule has 1 aliphatic rings. The van der Waals surface area contributed by atoms with Gasteiger partial charge in [-0.2, -0.15) is 0 Å². The Kier molecular flexibility index (Phi) is 4.87. The Morgan fingerprint density at radius 3 is 2.25 bits per heavy atom. The van der Waals surface area contributed by atoms with Crippen molar-refractivity contribution < 1.29 is 23.4 Å². The third-order valence-electron chi connectivity index (χ3n) is 4.12. The molecule has 24 heavy (non-hydrogen) atoms. The van der Waals surface area contributed by atoms with Crippen molar-refractivity contribution in [2.24, 2.45) is 0 Å². The number of carbonyl (C=O) groups is 1. The number of ether oxygens (including phenoxy) is 1. The van der Waals surface area contributed by atoms with Crippen molar-refractivity contribution >= 4 is 5.97 Å². The summed E-state index contributed by atoms with van der Waals surface area (Å²) in [6.45, 7) is 1.18. The first-order chi connectivity index (χ1) is 11.5. The molecular formula is C18H17F2NO3. The number of rotatable bonds is 4. The first-order valence-corrected chi connectivity index (χ1v) is 7.64. The molecule has 2 aromatic carbocycles. The predicted molar refractivity (Wildman–Crippen MR) is 83.4 cm³/mol. The number of aliphatic carboxylic acids is 1. The Morgan fingerprint density at radius 2 is 1.67 bits per heavy atom. The summed E-state index contributed by atoms with van der Waals surface area (Å²) in [5, 5.41) is 9.62. The van der Waals surface area contributed by atoms with E-state index >= 15 is 0 Å². The maximum Gasteiger partial charge on any atom is 0.325 e. The van der Waals surface area contributed by atoms with Gasteiger partial charge in [-0.05, 0) is 35.4 Å². The second-order valence-electron chi connectivity index (χ2n) is 5.70. The number of morpholine rings is 1. The van der Waals surface area contributed by atoms with Crippen LogP contribution in [0.25, 0.3) is 0 Å². The molecule has 3 rings (SSSR count). The lowest BCUT2D eigenvalue weighted by Crippen LogP contribution is -2.43. The minimum atomic E-state index is -0.999. The molecular weight excluding hydrogens is 316 g/mol. The van der Waals surface area contributed by atoms with E-state index in [1.807, 2.05) is 0 Å². The number of halogens is 2. The summed E-state index contributed by atoms with van der Waals surface area (Å²) in [4.78, 5) is 13.5. The SMILES string of the molecule is O=C(O)C(c1ccc(F)cc1)N1CCOC(c2ccc(F)cc2)C1. The number of carboxylic acid groups (broad SMARTS) is 1. The van der Waals surface area contributed by atoms with Crippen LogP contribution in [0.15, 0.2) is 48.5 Å². The van der Waals surface area contributed by atoms with Gasteiger partial charge in [-0.3, -0.25) is 9.69 Å². The minimum Gasteiger partial charge on any atom is -0.480 e. The van der Waals surface area contributed by atoms with Gasteiger partial charge in [-0.15, -0.1) is 0 Å². The second-order valence-corrected chi connectivity index (χ2v) is 5.70. The van der Waals surface area contributed by atoms with Gasteiger partial charge in [-0.1, -0.05) is 24.3 Å². The highest BCUT2D eigenvalue weighted by Crippen LogP contribution is 2.29. The fraction of sp³-hybridized carbons (Fsp3) is 0.278. The molecule has 4 nitrogen and oxygen atoms in total. The molecule has 2 aromatic rings. The molecule has 0 aromatic heterocycles. The van der Waals surface area contributed by atoms with Crippen molar-refractivity contribution in [3.63, 3.8) is 0 Å². The monoisotopic (exact) mass is 333 g/mol. The zero-order valence-corrected chi connectivity index (χ0v) is 12.9. The van der Waals surface area contributed by atoms with Crippen molar-refractivity contribution in [1.29, 1.82) is 0 Å². The Hall–Kier alpha value is -2.31. The van der Waals surface area contributed by atoms with E-state index in [4.69, 9.17) is 4.74 Å². The van der Waals surface area contributed by atoms with Crippen LogP contribution in [0.3, 0.4) is 0 Å². The number of hydrogen-bond acceptors (Lipinski definition) is 3. The highest BCUT2D eigenvalue weighted by molar-refractivity contribution is 5.75. The van der Waals surface area contributed by atoms with Crippen molar-refractivity contribution in [2.75, 3.05) is 19.7 Å². The largest absolute Gasteiger partial charge is 0.480 e. The average molecular weight is 333 g/mol. The normalized spacial score (nSPS) is 19.8. The summed E-state index contributed by atoms with van der Waals surface area (Å²) in [5.74, 6) is -1.74. The lowest BCUT2D eigenvalue weighted by molar-refractivity contribution is -0.147. The maximum absolute atomic E-state index is 13.1. The van der Waals surface area contributed by atoms with E-state index < -0.39 is 17.8 Å². The van der Waals surface area contributed by atoms with Crippen molar-refractivity contribution in [1.82, 2.24) is 4.90 Å². The third-order valence-corrected chi connectivity index (χ3v) is 4.12. The van der Waals surface area contributed by atoms with Crippen LogP contribution >= 0.6 is 0 Å². The topological polar surface area (TPSA) is 49.8 Å². The molecule has 126 valence electrons. The van der Waals surface area contributed by atoms with Gasteiger partial charge < -0.3 is 9.84 Å². The van der Waals surface area contributed by atoms with E-state index in [2.05, 4.69) is 0 Å². The molecule has 2 atom stereocenters. The number of carboxylic acids is 1. The molecule has 0 radical (unpaired) electrons. The molecule has 0 spiro atoms. The van der Waals surface area contributed by atoms with Gasteiger partial charge in [-0.25, -0.2) is 8.78 Å². The molecule has 0 saturated carbocycles. The number of benzene rings is 2. The van der Waals surface area contributed by atoms with Crippen LogP contribution in [0.5, 0.6) is 0 Å². The van der Waals surface area contributed by atoms with Gasteiger partial charge in [0.1, 0.15) is 17.7 Å². The molecule has 1 aliphatic heterocycles. The van der Waals surface area contributed by atoms with Crippen molar-refractivity contribution in [3.05, 3.63) is 71.3 Å². The molecule has 2 unspecified atom stereocenters. The third kappa shape index (κ3) is 3.60. The summed E-state index contributed by atoms with van der Waals surface area (Å²) in [7, 11) is 0. The van der Waals surface area contributed by atoms with E-state index in [1.54, 1.807) is 17.0 Å². The molecule has 6 heteroatoms. The Morgan fingerprint density at radius 1 is 1.08 bits per heavy atom. The van der Waals surface area contributed by atoms with Crippen LogP contribution in [0.1, 0.15) is 23.3 Å². The molecule has 0 aliphatic carbocycles. The fourth-order valence-corrected chi connectivity index (χ4v) is 2.94. The maximum atomic E-state index is 13.1. The van der Waals surface area contributed by atoms with Crippen LogP contribution < -0.4 is 0 Å². The van der Waals surface area contributed by atoms with Crippen molar-refractivity contribution in [3.8, 4) is 0 Å². The van der Waals surface area contributed by atoms with Crippen LogP contribution in [0, 0.1) is 11.6 Å². The van der Waals surface area contributed by atoms with E-state index in [1.165, 1.54) is 36.4 Å². The minimum absolute atomic E-state index is 0.332. The highest BCUT2D eigenvalue weighted by atomic mass is 19.1. The molecule has 1 fully saturated rings. The van der Waals surface area contributed by atoms with E-state index in [0.29, 0.717) is 25.3 Å². The van der Waals surface area contributed by atoms with Gasteiger partial charge in [0.25, 0.3) is 0 Å². The smallest absolute Gasteiger partial charge is 0.325 e. The molecule has 1 N–H and O–H groups in total. The van der Waals surface area contributed by atoms with Gasteiger partial charge >= 0.3 is 5.97 Å². The van der Waals surface area contributed by atoms with Crippen LogP contribution in [-0.4, -0.2) is 35.7 Å². The summed E-state index contributed by atoms with van der Waals surface area (Å²) in [5.41, 5.74) is 1.31. The summed E-state index contributed by atoms with van der Waals surface area (Å²) < 4.78 is 31.9. The van der Waals surface area contributed by atoms with E-state index in [0.717, 1.165) is 5.56 Å². The number of nitrogens with zero attached hydrogens (tertiary/aromatic N) is 1. The predicted octanol–water partition coefficient (Wildman–Crippen LogP) is 3.16. The Labute approximate surface area is 138 Å². The quantitative estimate of drug-likeness (QED) is 0.934. The summed E-state index contributed by atoms with van der Waals surface area (Å²) >= 11 is 0. The lowest BCUT2D eigenvalue weighted by Gasteiger charge is -2.36. The van der Waals surface area contributed by atoms with Crippen LogP contribution in [-0.2, 0) is 9.53 Å². The van der Waals surface area contributed by atoms with Gasteiger partial charge in [0.2, 0.25) is 0 Å². The van der Waals surface area contributed by atoms with Crippen molar-refractivity contribution in [2.45, 2.75) is 12.1 Å². The second kappa shape index (κ2) is 7.07. The zero-order valence-electron chi connectivity index (χ0n) is 12.9. The molecule has 1 saturated heterocycles. The first kappa shape index (κ1) is 16.5. The van der Waals surface area contributed by atoms with Crippen LogP contribution in [0.2, 0.25) is 0 Å². The average Bonchev–Trinajstić information content (AvgIpc) is 2.57. The molecule has 0 amide bonds. The zero-order chi connectivity index (χ0) is 17.1. The van der Waals surface area contributed by atoms with Gasteiger partial charge in [0.05, 0.1) is 12.7 Å². The van der Waals surface area contributed by atoms with Gasteiger partial charge in [0.15, 0.2) is 0 Å². The van der Waals surface area contributed by atoms with Crippen LogP contribution in [0.4, 0.5) is 8.78 Å². The Balaban J connectivity index is 1.82.